The number of aromatic hydroxyl groups is 1. The summed E-state index contributed by atoms with van der Waals surface area (Å²) in [6.07, 6.45) is 4.48. The maximum absolute atomic E-state index is 10.8. The third kappa shape index (κ3) is 2.28. The average molecular weight is 296 g/mol. The molecule has 0 aliphatic carbocycles. The van der Waals surface area contributed by atoms with Gasteiger partial charge in [-0.2, -0.15) is 9.78 Å². The molecule has 0 radical (unpaired) electrons. The van der Waals surface area contributed by atoms with E-state index in [2.05, 4.69) is 15.1 Å². The Balaban J connectivity index is 2.08. The van der Waals surface area contributed by atoms with Crippen LogP contribution in [0.15, 0.2) is 42.9 Å². The minimum atomic E-state index is -1.06. The summed E-state index contributed by atoms with van der Waals surface area (Å²) in [7, 11) is 0. The number of aryl methyl sites for hydroxylation is 1. The Bertz CT molecular complexity index is 826. The molecule has 0 saturated carbocycles. The number of hydrogen-bond acceptors (Lipinski definition) is 5. The lowest BCUT2D eigenvalue weighted by Gasteiger charge is -2.03. The van der Waals surface area contributed by atoms with Crippen molar-refractivity contribution >= 4 is 5.97 Å². The molecule has 0 saturated heterocycles. The Morgan fingerprint density at radius 1 is 1.18 bits per heavy atom. The highest BCUT2D eigenvalue weighted by molar-refractivity contribution is 5.87. The van der Waals surface area contributed by atoms with Gasteiger partial charge in [-0.25, -0.2) is 9.78 Å². The number of aromatic nitrogens is 4. The van der Waals surface area contributed by atoms with Crippen molar-refractivity contribution in [2.45, 2.75) is 6.92 Å². The first-order chi connectivity index (χ1) is 10.6. The normalized spacial score (nSPS) is 10.6. The van der Waals surface area contributed by atoms with Crippen molar-refractivity contribution in [3.05, 3.63) is 54.1 Å². The Labute approximate surface area is 125 Å². The summed E-state index contributed by atoms with van der Waals surface area (Å²) < 4.78 is 1.27. The molecule has 0 unspecified atom stereocenters. The molecule has 110 valence electrons. The number of aromatic carboxylic acids is 1. The van der Waals surface area contributed by atoms with Crippen LogP contribution < -0.4 is 0 Å². The Morgan fingerprint density at radius 2 is 1.91 bits per heavy atom. The van der Waals surface area contributed by atoms with E-state index in [9.17, 15) is 9.90 Å². The van der Waals surface area contributed by atoms with Crippen LogP contribution in [0.1, 0.15) is 16.1 Å². The quantitative estimate of drug-likeness (QED) is 0.767. The van der Waals surface area contributed by atoms with Gasteiger partial charge in [0.15, 0.2) is 5.82 Å². The van der Waals surface area contributed by atoms with Gasteiger partial charge in [-0.1, -0.05) is 0 Å². The van der Waals surface area contributed by atoms with Gasteiger partial charge >= 0.3 is 5.97 Å². The largest absolute Gasteiger partial charge is 0.493 e. The maximum atomic E-state index is 10.8. The van der Waals surface area contributed by atoms with E-state index in [1.54, 1.807) is 31.5 Å². The van der Waals surface area contributed by atoms with Gasteiger partial charge < -0.3 is 10.2 Å². The molecule has 0 atom stereocenters. The second kappa shape index (κ2) is 5.28. The van der Waals surface area contributed by atoms with Crippen LogP contribution >= 0.6 is 0 Å². The van der Waals surface area contributed by atoms with E-state index in [4.69, 9.17) is 5.11 Å². The predicted octanol–water partition coefficient (Wildman–Crippen LogP) is 2.04. The first-order valence-electron chi connectivity index (χ1n) is 6.46. The molecular weight excluding hydrogens is 284 g/mol. The standard InChI is InChI=1S/C15H12N4O3/c1-9-13(10-4-6-16-7-5-10)14(20)19(18-9)12-3-2-11(8-17-12)15(21)22/h2-8,20H,1H3,(H,21,22). The van der Waals surface area contributed by atoms with E-state index < -0.39 is 5.97 Å². The zero-order valence-electron chi connectivity index (χ0n) is 11.6. The molecule has 7 nitrogen and oxygen atoms in total. The summed E-state index contributed by atoms with van der Waals surface area (Å²) in [4.78, 5) is 18.8. The summed E-state index contributed by atoms with van der Waals surface area (Å²) in [6.45, 7) is 1.78. The number of carbonyl (C=O) groups is 1. The fourth-order valence-electron chi connectivity index (χ4n) is 2.17. The molecule has 3 aromatic rings. The van der Waals surface area contributed by atoms with Gasteiger partial charge in [0.1, 0.15) is 0 Å². The molecule has 3 heterocycles. The predicted molar refractivity (Wildman–Crippen MR) is 78.0 cm³/mol. The van der Waals surface area contributed by atoms with Gasteiger partial charge in [0.05, 0.1) is 16.8 Å². The van der Waals surface area contributed by atoms with Gasteiger partial charge in [-0.05, 0) is 36.8 Å². The molecule has 2 N–H and O–H groups in total. The molecule has 3 aromatic heterocycles. The molecular formula is C15H12N4O3. The second-order valence-corrected chi connectivity index (χ2v) is 4.64. The van der Waals surface area contributed by atoms with Crippen LogP contribution in [0.3, 0.4) is 0 Å². The monoisotopic (exact) mass is 296 g/mol. The summed E-state index contributed by atoms with van der Waals surface area (Å²) in [5.41, 5.74) is 2.08. The molecule has 0 aliphatic heterocycles. The molecule has 0 bridgehead atoms. The van der Waals surface area contributed by atoms with Crippen LogP contribution in [0.4, 0.5) is 0 Å². The Hall–Kier alpha value is -3.22. The van der Waals surface area contributed by atoms with Crippen molar-refractivity contribution in [3.63, 3.8) is 0 Å². The highest BCUT2D eigenvalue weighted by Crippen LogP contribution is 2.33. The van der Waals surface area contributed by atoms with E-state index in [-0.39, 0.29) is 11.4 Å². The minimum absolute atomic E-state index is 0.0562. The van der Waals surface area contributed by atoms with Crippen molar-refractivity contribution in [1.82, 2.24) is 19.7 Å². The Kier molecular flexibility index (Phi) is 3.30. The first kappa shape index (κ1) is 13.7. The van der Waals surface area contributed by atoms with Crippen molar-refractivity contribution < 1.29 is 15.0 Å². The smallest absolute Gasteiger partial charge is 0.337 e. The molecule has 0 amide bonds. The van der Waals surface area contributed by atoms with Gasteiger partial charge in [-0.3, -0.25) is 4.98 Å². The summed E-state index contributed by atoms with van der Waals surface area (Å²) in [5, 5.41) is 23.6. The molecule has 0 spiro atoms. The lowest BCUT2D eigenvalue weighted by molar-refractivity contribution is 0.0696. The lowest BCUT2D eigenvalue weighted by atomic mass is 10.1. The highest BCUT2D eigenvalue weighted by atomic mass is 16.4. The topological polar surface area (TPSA) is 101 Å². The third-order valence-electron chi connectivity index (χ3n) is 3.22. The van der Waals surface area contributed by atoms with Gasteiger partial charge in [0, 0.05) is 18.6 Å². The number of carboxylic acid groups (broad SMARTS) is 1. The van der Waals surface area contributed by atoms with E-state index in [1.165, 1.54) is 23.0 Å². The number of pyridine rings is 2. The van der Waals surface area contributed by atoms with Crippen molar-refractivity contribution in [2.75, 3.05) is 0 Å². The number of carboxylic acids is 1. The molecule has 0 aromatic carbocycles. The van der Waals surface area contributed by atoms with E-state index in [0.717, 1.165) is 5.56 Å². The zero-order valence-corrected chi connectivity index (χ0v) is 11.6. The van der Waals surface area contributed by atoms with Crippen molar-refractivity contribution in [3.8, 4) is 22.8 Å². The van der Waals surface area contributed by atoms with Gasteiger partial charge in [0.2, 0.25) is 5.88 Å². The van der Waals surface area contributed by atoms with Crippen LogP contribution in [0.2, 0.25) is 0 Å². The zero-order chi connectivity index (χ0) is 15.7. The maximum Gasteiger partial charge on any atom is 0.337 e. The summed E-state index contributed by atoms with van der Waals surface area (Å²) in [6, 6.07) is 6.45. The number of nitrogens with zero attached hydrogens (tertiary/aromatic N) is 4. The second-order valence-electron chi connectivity index (χ2n) is 4.64. The SMILES string of the molecule is Cc1nn(-c2ccc(C(=O)O)cn2)c(O)c1-c1ccncc1. The van der Waals surface area contributed by atoms with Crippen LogP contribution in [0.25, 0.3) is 16.9 Å². The summed E-state index contributed by atoms with van der Waals surface area (Å²) >= 11 is 0. The molecule has 0 fully saturated rings. The van der Waals surface area contributed by atoms with Crippen LogP contribution in [0.5, 0.6) is 5.88 Å². The fraction of sp³-hybridized carbons (Fsp3) is 0.0667. The number of rotatable bonds is 3. The lowest BCUT2D eigenvalue weighted by Crippen LogP contribution is -2.02. The summed E-state index contributed by atoms with van der Waals surface area (Å²) in [5.74, 6) is -0.775. The van der Waals surface area contributed by atoms with E-state index in [1.807, 2.05) is 0 Å². The van der Waals surface area contributed by atoms with Crippen molar-refractivity contribution in [1.29, 1.82) is 0 Å². The van der Waals surface area contributed by atoms with Crippen molar-refractivity contribution in [2.24, 2.45) is 0 Å². The third-order valence-corrected chi connectivity index (χ3v) is 3.22. The fourth-order valence-corrected chi connectivity index (χ4v) is 2.17. The molecule has 3 rings (SSSR count). The number of hydrogen-bond donors (Lipinski definition) is 2. The van der Waals surface area contributed by atoms with E-state index in [0.29, 0.717) is 17.1 Å². The minimum Gasteiger partial charge on any atom is -0.493 e. The first-order valence-corrected chi connectivity index (χ1v) is 6.46. The van der Waals surface area contributed by atoms with E-state index >= 15 is 0 Å². The van der Waals surface area contributed by atoms with Crippen LogP contribution in [-0.2, 0) is 0 Å². The molecule has 7 heteroatoms. The van der Waals surface area contributed by atoms with Gasteiger partial charge in [-0.15, -0.1) is 0 Å². The van der Waals surface area contributed by atoms with Crippen LogP contribution in [-0.4, -0.2) is 35.9 Å². The van der Waals surface area contributed by atoms with Gasteiger partial charge in [0.25, 0.3) is 0 Å². The van der Waals surface area contributed by atoms with Crippen LogP contribution in [0, 0.1) is 6.92 Å². The Morgan fingerprint density at radius 3 is 2.50 bits per heavy atom. The average Bonchev–Trinajstić information content (AvgIpc) is 2.83. The highest BCUT2D eigenvalue weighted by Gasteiger charge is 2.18. The molecule has 0 aliphatic rings. The molecule has 22 heavy (non-hydrogen) atoms.